The van der Waals surface area contributed by atoms with Crippen molar-refractivity contribution in [2.45, 2.75) is 6.42 Å². The third-order valence-electron chi connectivity index (χ3n) is 3.91. The fraction of sp³-hybridized carbons (Fsp3) is 0.500. The maximum absolute atomic E-state index is 12.1. The number of rotatable bonds is 5. The molecular weight excluding hydrogens is 318 g/mol. The van der Waals surface area contributed by atoms with Gasteiger partial charge in [0.15, 0.2) is 0 Å². The Morgan fingerprint density at radius 1 is 1.26 bits per heavy atom. The van der Waals surface area contributed by atoms with E-state index in [1.807, 2.05) is 0 Å². The monoisotopic (exact) mass is 339 g/mol. The first-order valence-corrected chi connectivity index (χ1v) is 7.96. The van der Waals surface area contributed by atoms with Gasteiger partial charge in [-0.25, -0.2) is 4.79 Å². The van der Waals surface area contributed by atoms with Crippen LogP contribution in [0.3, 0.4) is 0 Å². The third kappa shape index (κ3) is 5.20. The molecule has 0 aliphatic carbocycles. The highest BCUT2D eigenvalue weighted by Crippen LogP contribution is 2.23. The van der Waals surface area contributed by atoms with Gasteiger partial charge in [-0.2, -0.15) is 0 Å². The Bertz CT molecular complexity index is 572. The van der Waals surface area contributed by atoms with Crippen molar-refractivity contribution in [1.29, 1.82) is 0 Å². The summed E-state index contributed by atoms with van der Waals surface area (Å²) in [6.07, 6.45) is 0.391. The van der Waals surface area contributed by atoms with Crippen LogP contribution in [0.25, 0.3) is 0 Å². The van der Waals surface area contributed by atoms with Crippen LogP contribution in [-0.2, 0) is 9.53 Å². The molecule has 1 N–H and O–H groups in total. The maximum Gasteiger partial charge on any atom is 0.337 e. The van der Waals surface area contributed by atoms with E-state index in [1.165, 1.54) is 13.2 Å². The predicted molar refractivity (Wildman–Crippen MR) is 90.0 cm³/mol. The Morgan fingerprint density at radius 3 is 2.61 bits per heavy atom. The molecule has 23 heavy (non-hydrogen) atoms. The largest absolute Gasteiger partial charge is 0.465 e. The van der Waals surface area contributed by atoms with Gasteiger partial charge in [-0.1, -0.05) is 11.6 Å². The van der Waals surface area contributed by atoms with E-state index in [1.54, 1.807) is 12.1 Å². The second-order valence-electron chi connectivity index (χ2n) is 5.63. The molecule has 0 bridgehead atoms. The summed E-state index contributed by atoms with van der Waals surface area (Å²) in [7, 11) is 3.41. The Balaban J connectivity index is 1.88. The van der Waals surface area contributed by atoms with Crippen LogP contribution in [0, 0.1) is 0 Å². The number of benzene rings is 1. The number of piperazine rings is 1. The molecule has 1 aromatic carbocycles. The summed E-state index contributed by atoms with van der Waals surface area (Å²) in [6, 6.07) is 4.67. The van der Waals surface area contributed by atoms with Crippen molar-refractivity contribution in [3.8, 4) is 0 Å². The quantitative estimate of drug-likeness (QED) is 0.827. The average Bonchev–Trinajstić information content (AvgIpc) is 2.55. The Morgan fingerprint density at radius 2 is 1.96 bits per heavy atom. The molecule has 0 atom stereocenters. The molecule has 1 heterocycles. The van der Waals surface area contributed by atoms with Gasteiger partial charge < -0.3 is 19.9 Å². The van der Waals surface area contributed by atoms with E-state index in [0.717, 1.165) is 26.2 Å². The van der Waals surface area contributed by atoms with Crippen molar-refractivity contribution >= 4 is 29.2 Å². The zero-order valence-corrected chi connectivity index (χ0v) is 14.2. The molecule has 0 aromatic heterocycles. The molecule has 7 heteroatoms. The number of esters is 1. The van der Waals surface area contributed by atoms with Gasteiger partial charge in [-0.15, -0.1) is 0 Å². The number of anilines is 1. The smallest absolute Gasteiger partial charge is 0.337 e. The zero-order chi connectivity index (χ0) is 16.8. The molecule has 0 spiro atoms. The predicted octanol–water partition coefficient (Wildman–Crippen LogP) is 1.70. The number of amides is 1. The van der Waals surface area contributed by atoms with E-state index in [9.17, 15) is 9.59 Å². The summed E-state index contributed by atoms with van der Waals surface area (Å²) in [4.78, 5) is 28.2. The average molecular weight is 340 g/mol. The van der Waals surface area contributed by atoms with Gasteiger partial charge in [0.1, 0.15) is 0 Å². The SMILES string of the molecule is COC(=O)c1ccc(Cl)c(NC(=O)CCN2CCN(C)CC2)c1. The van der Waals surface area contributed by atoms with Crippen molar-refractivity contribution in [3.63, 3.8) is 0 Å². The fourth-order valence-electron chi connectivity index (χ4n) is 2.41. The number of nitrogens with one attached hydrogen (secondary N) is 1. The van der Waals surface area contributed by atoms with Crippen molar-refractivity contribution < 1.29 is 14.3 Å². The fourth-order valence-corrected chi connectivity index (χ4v) is 2.57. The molecule has 2 rings (SSSR count). The Labute approximate surface area is 141 Å². The molecule has 1 amide bonds. The summed E-state index contributed by atoms with van der Waals surface area (Å²) in [6.45, 7) is 4.71. The summed E-state index contributed by atoms with van der Waals surface area (Å²) >= 11 is 6.07. The van der Waals surface area contributed by atoms with Gasteiger partial charge in [0.2, 0.25) is 5.91 Å². The second kappa shape index (κ2) is 8.29. The molecule has 1 fully saturated rings. The van der Waals surface area contributed by atoms with Gasteiger partial charge in [0, 0.05) is 39.1 Å². The van der Waals surface area contributed by atoms with Crippen LogP contribution in [0.1, 0.15) is 16.8 Å². The third-order valence-corrected chi connectivity index (χ3v) is 4.24. The van der Waals surface area contributed by atoms with Crippen molar-refractivity contribution in [2.75, 3.05) is 52.2 Å². The molecule has 1 saturated heterocycles. The number of likely N-dealkylation sites (N-methyl/N-ethyl adjacent to an activating group) is 1. The van der Waals surface area contributed by atoms with Crippen LogP contribution in [0.15, 0.2) is 18.2 Å². The Hall–Kier alpha value is -1.63. The first kappa shape index (κ1) is 17.7. The van der Waals surface area contributed by atoms with Crippen molar-refractivity contribution in [1.82, 2.24) is 9.80 Å². The number of halogens is 1. The van der Waals surface area contributed by atoms with E-state index >= 15 is 0 Å². The zero-order valence-electron chi connectivity index (χ0n) is 13.5. The minimum atomic E-state index is -0.463. The molecular formula is C16H22ClN3O3. The first-order chi connectivity index (χ1) is 11.0. The van der Waals surface area contributed by atoms with E-state index < -0.39 is 5.97 Å². The lowest BCUT2D eigenvalue weighted by Crippen LogP contribution is -2.45. The van der Waals surface area contributed by atoms with Crippen LogP contribution in [0.2, 0.25) is 5.02 Å². The highest BCUT2D eigenvalue weighted by molar-refractivity contribution is 6.33. The van der Waals surface area contributed by atoms with E-state index in [-0.39, 0.29) is 5.91 Å². The first-order valence-electron chi connectivity index (χ1n) is 7.58. The number of ether oxygens (including phenoxy) is 1. The topological polar surface area (TPSA) is 61.9 Å². The maximum atomic E-state index is 12.1. The number of methoxy groups -OCH3 is 1. The van der Waals surface area contributed by atoms with Crippen LogP contribution in [-0.4, -0.2) is 68.6 Å². The van der Waals surface area contributed by atoms with Gasteiger partial charge in [0.25, 0.3) is 0 Å². The van der Waals surface area contributed by atoms with Crippen LogP contribution in [0.5, 0.6) is 0 Å². The van der Waals surface area contributed by atoms with Crippen LogP contribution >= 0.6 is 11.6 Å². The van der Waals surface area contributed by atoms with Gasteiger partial charge in [-0.3, -0.25) is 4.79 Å². The molecule has 0 unspecified atom stereocenters. The summed E-state index contributed by atoms with van der Waals surface area (Å²) < 4.78 is 4.67. The molecule has 1 aliphatic rings. The minimum absolute atomic E-state index is 0.118. The number of hydrogen-bond donors (Lipinski definition) is 1. The Kier molecular flexibility index (Phi) is 6.38. The van der Waals surface area contributed by atoms with Crippen molar-refractivity contribution in [2.24, 2.45) is 0 Å². The van der Waals surface area contributed by atoms with E-state index in [4.69, 9.17) is 11.6 Å². The molecule has 6 nitrogen and oxygen atoms in total. The van der Waals surface area contributed by atoms with Gasteiger partial charge in [0.05, 0.1) is 23.4 Å². The highest BCUT2D eigenvalue weighted by atomic mass is 35.5. The lowest BCUT2D eigenvalue weighted by Gasteiger charge is -2.32. The van der Waals surface area contributed by atoms with Crippen LogP contribution in [0.4, 0.5) is 5.69 Å². The summed E-state index contributed by atoms with van der Waals surface area (Å²) in [5.41, 5.74) is 0.782. The molecule has 0 radical (unpaired) electrons. The normalized spacial score (nSPS) is 16.1. The van der Waals surface area contributed by atoms with E-state index in [0.29, 0.717) is 29.2 Å². The van der Waals surface area contributed by atoms with E-state index in [2.05, 4.69) is 26.9 Å². The van der Waals surface area contributed by atoms with Gasteiger partial charge in [-0.05, 0) is 25.2 Å². The molecule has 126 valence electrons. The summed E-state index contributed by atoms with van der Waals surface area (Å²) in [5, 5.41) is 3.16. The number of hydrogen-bond acceptors (Lipinski definition) is 5. The molecule has 0 saturated carbocycles. The highest BCUT2D eigenvalue weighted by Gasteiger charge is 2.15. The summed E-state index contributed by atoms with van der Waals surface area (Å²) in [5.74, 6) is -0.581. The van der Waals surface area contributed by atoms with Gasteiger partial charge >= 0.3 is 5.97 Å². The number of carbonyl (C=O) groups is 2. The van der Waals surface area contributed by atoms with Crippen LogP contribution < -0.4 is 5.32 Å². The standard InChI is InChI=1S/C16H22ClN3O3/c1-19-7-9-20(10-8-19)6-5-15(21)18-14-11-12(16(22)23-2)3-4-13(14)17/h3-4,11H,5-10H2,1-2H3,(H,18,21). The molecule has 1 aliphatic heterocycles. The number of nitrogens with zero attached hydrogens (tertiary/aromatic N) is 2. The lowest BCUT2D eigenvalue weighted by atomic mass is 10.2. The second-order valence-corrected chi connectivity index (χ2v) is 6.04. The van der Waals surface area contributed by atoms with Crippen molar-refractivity contribution in [3.05, 3.63) is 28.8 Å². The lowest BCUT2D eigenvalue weighted by molar-refractivity contribution is -0.116. The number of carbonyl (C=O) groups excluding carboxylic acids is 2. The molecule has 1 aromatic rings. The minimum Gasteiger partial charge on any atom is -0.465 e.